The summed E-state index contributed by atoms with van der Waals surface area (Å²) < 4.78 is 0. The fourth-order valence-corrected chi connectivity index (χ4v) is 3.55. The molecule has 0 aliphatic heterocycles. The summed E-state index contributed by atoms with van der Waals surface area (Å²) in [5.74, 6) is 0. The lowest BCUT2D eigenvalue weighted by atomic mass is 10.0. The standard InChI is InChI=1S/C28H28N2/c1-3-7-23(8-4-1)19-21-29-27-15-11-25(12-16-27)26-13-17-28(18-14-26)30-22-20-24-9-5-2-6-10-24/h1-18,29-30H,19-22H2. The van der Waals surface area contributed by atoms with E-state index in [9.17, 15) is 0 Å². The normalized spacial score (nSPS) is 10.5. The molecule has 0 amide bonds. The minimum absolute atomic E-state index is 0.937. The highest BCUT2D eigenvalue weighted by molar-refractivity contribution is 5.68. The highest BCUT2D eigenvalue weighted by Gasteiger charge is 2.00. The molecule has 0 atom stereocenters. The Kier molecular flexibility index (Phi) is 6.80. The molecule has 0 heterocycles. The van der Waals surface area contributed by atoms with E-state index >= 15 is 0 Å². The lowest BCUT2D eigenvalue weighted by Crippen LogP contribution is -2.04. The second-order valence-electron chi connectivity index (χ2n) is 7.48. The van der Waals surface area contributed by atoms with E-state index in [1.165, 1.54) is 22.3 Å². The van der Waals surface area contributed by atoms with E-state index in [4.69, 9.17) is 0 Å². The first-order valence-corrected chi connectivity index (χ1v) is 10.6. The van der Waals surface area contributed by atoms with Gasteiger partial charge in [-0.05, 0) is 59.4 Å². The summed E-state index contributed by atoms with van der Waals surface area (Å²) in [7, 11) is 0. The van der Waals surface area contributed by atoms with Gasteiger partial charge in [0, 0.05) is 24.5 Å². The van der Waals surface area contributed by atoms with Gasteiger partial charge in [0.05, 0.1) is 0 Å². The molecule has 4 rings (SSSR count). The van der Waals surface area contributed by atoms with Crippen LogP contribution in [0.4, 0.5) is 11.4 Å². The van der Waals surface area contributed by atoms with Crippen LogP contribution in [0.25, 0.3) is 11.1 Å². The molecule has 2 N–H and O–H groups in total. The quantitative estimate of drug-likeness (QED) is 0.333. The zero-order valence-corrected chi connectivity index (χ0v) is 17.2. The fourth-order valence-electron chi connectivity index (χ4n) is 3.55. The van der Waals surface area contributed by atoms with Crippen molar-refractivity contribution in [3.05, 3.63) is 120 Å². The second kappa shape index (κ2) is 10.3. The third-order valence-electron chi connectivity index (χ3n) is 5.27. The maximum absolute atomic E-state index is 3.51. The third-order valence-corrected chi connectivity index (χ3v) is 5.27. The van der Waals surface area contributed by atoms with Crippen molar-refractivity contribution in [2.75, 3.05) is 23.7 Å². The molecule has 0 fully saturated rings. The molecule has 30 heavy (non-hydrogen) atoms. The number of anilines is 2. The van der Waals surface area contributed by atoms with Crippen LogP contribution in [0, 0.1) is 0 Å². The monoisotopic (exact) mass is 392 g/mol. The number of nitrogens with one attached hydrogen (secondary N) is 2. The van der Waals surface area contributed by atoms with E-state index in [1.807, 2.05) is 0 Å². The Morgan fingerprint density at radius 3 is 1.13 bits per heavy atom. The smallest absolute Gasteiger partial charge is 0.0340 e. The first kappa shape index (κ1) is 19.8. The van der Waals surface area contributed by atoms with E-state index in [0.29, 0.717) is 0 Å². The van der Waals surface area contributed by atoms with Crippen molar-refractivity contribution >= 4 is 11.4 Å². The van der Waals surface area contributed by atoms with E-state index < -0.39 is 0 Å². The summed E-state index contributed by atoms with van der Waals surface area (Å²) in [5, 5.41) is 7.02. The SMILES string of the molecule is c1ccc(CCNc2ccc(-c3ccc(NCCc4ccccc4)cc3)cc2)cc1. The predicted molar refractivity (Wildman–Crippen MR) is 129 cm³/mol. The molecule has 0 aromatic heterocycles. The number of hydrogen-bond donors (Lipinski definition) is 2. The van der Waals surface area contributed by atoms with Crippen molar-refractivity contribution in [2.24, 2.45) is 0 Å². The van der Waals surface area contributed by atoms with E-state index in [0.717, 1.165) is 37.3 Å². The van der Waals surface area contributed by atoms with Gasteiger partial charge in [-0.15, -0.1) is 0 Å². The zero-order valence-electron chi connectivity index (χ0n) is 17.2. The van der Waals surface area contributed by atoms with Crippen LogP contribution >= 0.6 is 0 Å². The minimum atomic E-state index is 0.937. The van der Waals surface area contributed by atoms with Gasteiger partial charge in [-0.2, -0.15) is 0 Å². The van der Waals surface area contributed by atoms with Crippen LogP contribution in [-0.4, -0.2) is 13.1 Å². The first-order valence-electron chi connectivity index (χ1n) is 10.6. The maximum atomic E-state index is 3.51. The molecule has 2 heteroatoms. The van der Waals surface area contributed by atoms with Crippen LogP contribution in [0.2, 0.25) is 0 Å². The highest BCUT2D eigenvalue weighted by atomic mass is 14.9. The summed E-state index contributed by atoms with van der Waals surface area (Å²) in [4.78, 5) is 0. The van der Waals surface area contributed by atoms with Crippen molar-refractivity contribution in [1.29, 1.82) is 0 Å². The molecule has 0 saturated heterocycles. The topological polar surface area (TPSA) is 24.1 Å². The van der Waals surface area contributed by atoms with Crippen molar-refractivity contribution in [3.8, 4) is 11.1 Å². The van der Waals surface area contributed by atoms with Gasteiger partial charge in [0.15, 0.2) is 0 Å². The van der Waals surface area contributed by atoms with Gasteiger partial charge in [0.1, 0.15) is 0 Å². The Morgan fingerprint density at radius 2 is 0.767 bits per heavy atom. The third kappa shape index (κ3) is 5.74. The highest BCUT2D eigenvalue weighted by Crippen LogP contribution is 2.23. The van der Waals surface area contributed by atoms with Crippen molar-refractivity contribution in [1.82, 2.24) is 0 Å². The number of hydrogen-bond acceptors (Lipinski definition) is 2. The summed E-state index contributed by atoms with van der Waals surface area (Å²) in [6.07, 6.45) is 2.06. The Labute approximate surface area is 179 Å². The van der Waals surface area contributed by atoms with E-state index in [2.05, 4.69) is 120 Å². The lowest BCUT2D eigenvalue weighted by Gasteiger charge is -2.10. The Balaban J connectivity index is 1.26. The van der Waals surface area contributed by atoms with Crippen molar-refractivity contribution in [2.45, 2.75) is 12.8 Å². The van der Waals surface area contributed by atoms with Crippen LogP contribution in [0.5, 0.6) is 0 Å². The van der Waals surface area contributed by atoms with Crippen LogP contribution < -0.4 is 10.6 Å². The van der Waals surface area contributed by atoms with Gasteiger partial charge in [0.2, 0.25) is 0 Å². The molecule has 0 aliphatic carbocycles. The number of rotatable bonds is 9. The van der Waals surface area contributed by atoms with Crippen LogP contribution in [-0.2, 0) is 12.8 Å². The molecule has 0 aliphatic rings. The molecular weight excluding hydrogens is 364 g/mol. The Bertz CT molecular complexity index is 921. The summed E-state index contributed by atoms with van der Waals surface area (Å²) >= 11 is 0. The Morgan fingerprint density at radius 1 is 0.400 bits per heavy atom. The van der Waals surface area contributed by atoms with Crippen molar-refractivity contribution < 1.29 is 0 Å². The van der Waals surface area contributed by atoms with Gasteiger partial charge in [-0.1, -0.05) is 84.9 Å². The van der Waals surface area contributed by atoms with Gasteiger partial charge in [0.25, 0.3) is 0 Å². The maximum Gasteiger partial charge on any atom is 0.0340 e. The van der Waals surface area contributed by atoms with E-state index in [1.54, 1.807) is 0 Å². The van der Waals surface area contributed by atoms with Gasteiger partial charge in [-0.25, -0.2) is 0 Å². The lowest BCUT2D eigenvalue weighted by molar-refractivity contribution is 1.02. The molecule has 2 nitrogen and oxygen atoms in total. The molecule has 0 unspecified atom stereocenters. The first-order chi connectivity index (χ1) is 14.9. The Hall–Kier alpha value is -3.52. The van der Waals surface area contributed by atoms with Gasteiger partial charge in [-0.3, -0.25) is 0 Å². The molecule has 0 saturated carbocycles. The van der Waals surface area contributed by atoms with Crippen LogP contribution in [0.1, 0.15) is 11.1 Å². The summed E-state index contributed by atoms with van der Waals surface area (Å²) in [6, 6.07) is 38.5. The fraction of sp³-hybridized carbons (Fsp3) is 0.143. The second-order valence-corrected chi connectivity index (χ2v) is 7.48. The molecule has 0 spiro atoms. The average molecular weight is 393 g/mol. The molecular formula is C28H28N2. The molecule has 4 aromatic rings. The summed E-state index contributed by atoms with van der Waals surface area (Å²) in [5.41, 5.74) is 7.51. The minimum Gasteiger partial charge on any atom is -0.385 e. The summed E-state index contributed by atoms with van der Waals surface area (Å²) in [6.45, 7) is 1.87. The van der Waals surface area contributed by atoms with Crippen LogP contribution in [0.15, 0.2) is 109 Å². The van der Waals surface area contributed by atoms with Gasteiger partial charge < -0.3 is 10.6 Å². The van der Waals surface area contributed by atoms with E-state index in [-0.39, 0.29) is 0 Å². The van der Waals surface area contributed by atoms with Crippen molar-refractivity contribution in [3.63, 3.8) is 0 Å². The molecule has 4 aromatic carbocycles. The predicted octanol–water partition coefficient (Wildman–Crippen LogP) is 6.66. The zero-order chi connectivity index (χ0) is 20.4. The average Bonchev–Trinajstić information content (AvgIpc) is 2.82. The molecule has 0 bridgehead atoms. The largest absolute Gasteiger partial charge is 0.385 e. The van der Waals surface area contributed by atoms with Gasteiger partial charge >= 0.3 is 0 Å². The number of benzene rings is 4. The molecule has 0 radical (unpaired) electrons. The van der Waals surface area contributed by atoms with Crippen LogP contribution in [0.3, 0.4) is 0 Å². The molecule has 150 valence electrons.